The molecule has 22 heavy (non-hydrogen) atoms. The second-order valence-electron chi connectivity index (χ2n) is 5.09. The van der Waals surface area contributed by atoms with Crippen molar-refractivity contribution in [2.24, 2.45) is 0 Å². The van der Waals surface area contributed by atoms with E-state index in [1.807, 2.05) is 18.2 Å². The van der Waals surface area contributed by atoms with Crippen molar-refractivity contribution >= 4 is 22.7 Å². The largest absolute Gasteiger partial charge is 0.441 e. The molecule has 1 heterocycles. The number of hydrogen-bond acceptors (Lipinski definition) is 3. The number of amides is 1. The van der Waals surface area contributed by atoms with E-state index < -0.39 is 0 Å². The third-order valence-corrected chi connectivity index (χ3v) is 3.33. The fourth-order valence-corrected chi connectivity index (χ4v) is 2.26. The smallest absolute Gasteiger partial charge is 0.224 e. The number of carbonyl (C=O) groups is 1. The molecule has 2 aromatic carbocycles. The summed E-state index contributed by atoms with van der Waals surface area (Å²) in [5.41, 5.74) is 3.16. The van der Waals surface area contributed by atoms with Crippen molar-refractivity contribution < 1.29 is 13.6 Å². The molecule has 0 saturated carbocycles. The Morgan fingerprint density at radius 2 is 2.00 bits per heavy atom. The van der Waals surface area contributed by atoms with Gasteiger partial charge in [-0.15, -0.1) is 0 Å². The lowest BCUT2D eigenvalue weighted by Crippen LogP contribution is -2.12. The number of fused-ring (bicyclic) bond motifs is 1. The summed E-state index contributed by atoms with van der Waals surface area (Å²) in [7, 11) is 0. The molecule has 0 bridgehead atoms. The molecular weight excluding hydrogens is 283 g/mol. The van der Waals surface area contributed by atoms with E-state index in [2.05, 4.69) is 10.3 Å². The zero-order valence-electron chi connectivity index (χ0n) is 12.1. The molecule has 0 fully saturated rings. The van der Waals surface area contributed by atoms with Crippen LogP contribution >= 0.6 is 0 Å². The van der Waals surface area contributed by atoms with E-state index in [1.54, 1.807) is 6.92 Å². The number of nitrogens with one attached hydrogen (secondary N) is 1. The highest BCUT2D eigenvalue weighted by atomic mass is 19.1. The SMILES string of the molecule is Cc1nc2cc(CCC(=O)Nc3ccc(F)cc3)ccc2o1. The number of carbonyl (C=O) groups excluding carboxylic acids is 1. The van der Waals surface area contributed by atoms with Crippen molar-refractivity contribution in [3.63, 3.8) is 0 Å². The number of nitrogens with zero attached hydrogens (tertiary/aromatic N) is 1. The maximum atomic E-state index is 12.8. The van der Waals surface area contributed by atoms with Crippen LogP contribution in [0.3, 0.4) is 0 Å². The third-order valence-electron chi connectivity index (χ3n) is 3.33. The van der Waals surface area contributed by atoms with E-state index in [9.17, 15) is 9.18 Å². The van der Waals surface area contributed by atoms with Crippen LogP contribution in [0.4, 0.5) is 10.1 Å². The molecule has 0 aliphatic rings. The lowest BCUT2D eigenvalue weighted by Gasteiger charge is -2.05. The number of anilines is 1. The number of aryl methyl sites for hydroxylation is 2. The molecule has 0 aliphatic carbocycles. The van der Waals surface area contributed by atoms with E-state index >= 15 is 0 Å². The Bertz CT molecular complexity index is 809. The van der Waals surface area contributed by atoms with E-state index in [0.29, 0.717) is 24.4 Å². The van der Waals surface area contributed by atoms with E-state index in [-0.39, 0.29) is 11.7 Å². The molecule has 0 spiro atoms. The molecule has 1 amide bonds. The van der Waals surface area contributed by atoms with Crippen LogP contribution in [0.5, 0.6) is 0 Å². The van der Waals surface area contributed by atoms with E-state index in [0.717, 1.165) is 16.7 Å². The van der Waals surface area contributed by atoms with Gasteiger partial charge in [-0.2, -0.15) is 0 Å². The quantitative estimate of drug-likeness (QED) is 0.796. The minimum absolute atomic E-state index is 0.108. The summed E-state index contributed by atoms with van der Waals surface area (Å²) in [5, 5.41) is 2.74. The topological polar surface area (TPSA) is 55.1 Å². The van der Waals surface area contributed by atoms with Crippen LogP contribution in [0.2, 0.25) is 0 Å². The summed E-state index contributed by atoms with van der Waals surface area (Å²) in [6.45, 7) is 1.80. The van der Waals surface area contributed by atoms with Crippen LogP contribution in [-0.2, 0) is 11.2 Å². The second-order valence-corrected chi connectivity index (χ2v) is 5.09. The van der Waals surface area contributed by atoms with Crippen LogP contribution < -0.4 is 5.32 Å². The Labute approximate surface area is 127 Å². The van der Waals surface area contributed by atoms with Crippen molar-refractivity contribution in [1.29, 1.82) is 0 Å². The molecule has 1 aromatic heterocycles. The number of hydrogen-bond donors (Lipinski definition) is 1. The van der Waals surface area contributed by atoms with Crippen molar-refractivity contribution in [3.8, 4) is 0 Å². The van der Waals surface area contributed by atoms with Gasteiger partial charge in [-0.3, -0.25) is 4.79 Å². The van der Waals surface area contributed by atoms with Crippen molar-refractivity contribution in [2.45, 2.75) is 19.8 Å². The van der Waals surface area contributed by atoms with E-state index in [4.69, 9.17) is 4.42 Å². The maximum Gasteiger partial charge on any atom is 0.224 e. The summed E-state index contributed by atoms with van der Waals surface area (Å²) in [4.78, 5) is 16.2. The van der Waals surface area contributed by atoms with Gasteiger partial charge in [0.1, 0.15) is 11.3 Å². The minimum atomic E-state index is -0.325. The first kappa shape index (κ1) is 14.3. The highest BCUT2D eigenvalue weighted by molar-refractivity contribution is 5.90. The number of rotatable bonds is 4. The number of benzene rings is 2. The van der Waals surface area contributed by atoms with Gasteiger partial charge in [-0.25, -0.2) is 9.37 Å². The van der Waals surface area contributed by atoms with Gasteiger partial charge < -0.3 is 9.73 Å². The average Bonchev–Trinajstić information content (AvgIpc) is 2.87. The summed E-state index contributed by atoms with van der Waals surface area (Å²) in [6, 6.07) is 11.4. The standard InChI is InChI=1S/C17H15FN2O2/c1-11-19-15-10-12(2-8-16(15)22-11)3-9-17(21)20-14-6-4-13(18)5-7-14/h2,4-8,10H,3,9H2,1H3,(H,20,21). The van der Waals surface area contributed by atoms with Crippen molar-refractivity contribution in [2.75, 3.05) is 5.32 Å². The van der Waals surface area contributed by atoms with Gasteiger partial charge in [0.25, 0.3) is 0 Å². The Kier molecular flexibility index (Phi) is 3.87. The predicted octanol–water partition coefficient (Wildman–Crippen LogP) is 3.85. The molecule has 0 radical (unpaired) electrons. The van der Waals surface area contributed by atoms with Gasteiger partial charge in [0.2, 0.25) is 5.91 Å². The first-order valence-electron chi connectivity index (χ1n) is 7.02. The van der Waals surface area contributed by atoms with Crippen molar-refractivity contribution in [1.82, 2.24) is 4.98 Å². The van der Waals surface area contributed by atoms with Crippen LogP contribution in [0.15, 0.2) is 46.9 Å². The van der Waals surface area contributed by atoms with Crippen LogP contribution in [0, 0.1) is 12.7 Å². The number of halogens is 1. The molecule has 112 valence electrons. The number of aromatic nitrogens is 1. The molecule has 3 rings (SSSR count). The highest BCUT2D eigenvalue weighted by Crippen LogP contribution is 2.18. The van der Waals surface area contributed by atoms with Gasteiger partial charge in [0, 0.05) is 19.0 Å². The van der Waals surface area contributed by atoms with E-state index in [1.165, 1.54) is 24.3 Å². The third kappa shape index (κ3) is 3.31. The van der Waals surface area contributed by atoms with Crippen LogP contribution in [0.1, 0.15) is 17.9 Å². The molecule has 5 heteroatoms. The Morgan fingerprint density at radius 3 is 2.77 bits per heavy atom. The number of oxazole rings is 1. The fraction of sp³-hybridized carbons (Fsp3) is 0.176. The molecule has 4 nitrogen and oxygen atoms in total. The van der Waals surface area contributed by atoms with Crippen LogP contribution in [0.25, 0.3) is 11.1 Å². The predicted molar refractivity (Wildman–Crippen MR) is 82.1 cm³/mol. The molecular formula is C17H15FN2O2. The highest BCUT2D eigenvalue weighted by Gasteiger charge is 2.06. The normalized spacial score (nSPS) is 10.8. The van der Waals surface area contributed by atoms with Crippen molar-refractivity contribution in [3.05, 3.63) is 59.7 Å². The summed E-state index contributed by atoms with van der Waals surface area (Å²) in [5.74, 6) is 0.193. The zero-order chi connectivity index (χ0) is 15.5. The van der Waals surface area contributed by atoms with Gasteiger partial charge in [-0.1, -0.05) is 6.07 Å². The summed E-state index contributed by atoms with van der Waals surface area (Å²) >= 11 is 0. The Morgan fingerprint density at radius 1 is 1.23 bits per heavy atom. The Balaban J connectivity index is 1.60. The molecule has 1 N–H and O–H groups in total. The molecule has 0 atom stereocenters. The summed E-state index contributed by atoms with van der Waals surface area (Å²) in [6.07, 6.45) is 0.953. The maximum absolute atomic E-state index is 12.8. The van der Waals surface area contributed by atoms with Gasteiger partial charge in [0.15, 0.2) is 11.5 Å². The fourth-order valence-electron chi connectivity index (χ4n) is 2.26. The average molecular weight is 298 g/mol. The van der Waals surface area contributed by atoms with Gasteiger partial charge >= 0.3 is 0 Å². The molecule has 0 unspecified atom stereocenters. The molecule has 3 aromatic rings. The first-order valence-corrected chi connectivity index (χ1v) is 7.02. The van der Waals surface area contributed by atoms with Gasteiger partial charge in [0.05, 0.1) is 0 Å². The van der Waals surface area contributed by atoms with Crippen LogP contribution in [-0.4, -0.2) is 10.9 Å². The second kappa shape index (κ2) is 5.97. The van der Waals surface area contributed by atoms with Gasteiger partial charge in [-0.05, 0) is 48.4 Å². The zero-order valence-corrected chi connectivity index (χ0v) is 12.1. The molecule has 0 aliphatic heterocycles. The lowest BCUT2D eigenvalue weighted by atomic mass is 10.1. The lowest BCUT2D eigenvalue weighted by molar-refractivity contribution is -0.116. The first-order chi connectivity index (χ1) is 10.6. The molecule has 0 saturated heterocycles. The minimum Gasteiger partial charge on any atom is -0.441 e. The monoisotopic (exact) mass is 298 g/mol. The Hall–Kier alpha value is -2.69. The summed E-state index contributed by atoms with van der Waals surface area (Å²) < 4.78 is 18.2.